The van der Waals surface area contributed by atoms with E-state index in [1.165, 1.54) is 12.7 Å². The van der Waals surface area contributed by atoms with Gasteiger partial charge in [-0.05, 0) is 36.0 Å². The predicted octanol–water partition coefficient (Wildman–Crippen LogP) is 3.62. The van der Waals surface area contributed by atoms with Crippen molar-refractivity contribution in [1.82, 2.24) is 0 Å². The molecule has 17 heavy (non-hydrogen) atoms. The second kappa shape index (κ2) is 5.67. The molecule has 0 saturated heterocycles. The molecular weight excluding hydrogens is 212 g/mol. The topological polar surface area (TPSA) is 26.3 Å². The molecule has 0 unspecified atom stereocenters. The predicted molar refractivity (Wildman–Crippen MR) is 70.1 cm³/mol. The summed E-state index contributed by atoms with van der Waals surface area (Å²) in [5.41, 5.74) is 2.02. The van der Waals surface area contributed by atoms with Crippen LogP contribution in [0.3, 0.4) is 0 Å². The van der Waals surface area contributed by atoms with Crippen LogP contribution >= 0.6 is 0 Å². The van der Waals surface area contributed by atoms with Gasteiger partial charge in [0.05, 0.1) is 12.7 Å². The van der Waals surface area contributed by atoms with Gasteiger partial charge in [0.2, 0.25) is 0 Å². The molecule has 0 heterocycles. The largest absolute Gasteiger partial charge is 0.465 e. The number of ether oxygens (including phenoxy) is 1. The summed E-state index contributed by atoms with van der Waals surface area (Å²) in [5.74, 6) is -0.290. The van der Waals surface area contributed by atoms with Crippen LogP contribution < -0.4 is 0 Å². The third kappa shape index (κ3) is 4.06. The van der Waals surface area contributed by atoms with E-state index in [4.69, 9.17) is 0 Å². The van der Waals surface area contributed by atoms with Crippen molar-refractivity contribution in [1.29, 1.82) is 0 Å². The van der Waals surface area contributed by atoms with Crippen LogP contribution in [-0.2, 0) is 11.2 Å². The van der Waals surface area contributed by atoms with Gasteiger partial charge in [-0.2, -0.15) is 0 Å². The summed E-state index contributed by atoms with van der Waals surface area (Å²) >= 11 is 0. The van der Waals surface area contributed by atoms with E-state index in [9.17, 15) is 4.79 Å². The number of rotatable bonds is 5. The Kier molecular flexibility index (Phi) is 4.50. The molecule has 0 aromatic heterocycles. The maximum Gasteiger partial charge on any atom is 0.337 e. The van der Waals surface area contributed by atoms with Crippen LogP contribution in [0.1, 0.15) is 36.2 Å². The highest BCUT2D eigenvalue weighted by Gasteiger charge is 2.16. The smallest absolute Gasteiger partial charge is 0.337 e. The zero-order valence-electron chi connectivity index (χ0n) is 10.8. The summed E-state index contributed by atoms with van der Waals surface area (Å²) in [6.07, 6.45) is 3.90. The minimum Gasteiger partial charge on any atom is -0.465 e. The van der Waals surface area contributed by atoms with Crippen LogP contribution in [-0.4, -0.2) is 13.1 Å². The lowest BCUT2D eigenvalue weighted by Gasteiger charge is -2.22. The molecule has 0 aliphatic rings. The quantitative estimate of drug-likeness (QED) is 0.572. The van der Waals surface area contributed by atoms with Crippen molar-refractivity contribution in [2.24, 2.45) is 5.41 Å². The SMILES string of the molecule is C=CCC(C)(C)Cc1ccc(C(=O)OC)cc1. The molecule has 0 fully saturated rings. The zero-order valence-corrected chi connectivity index (χ0v) is 10.8. The van der Waals surface area contributed by atoms with Crippen LogP contribution in [0, 0.1) is 5.41 Å². The Bertz CT molecular complexity index is 388. The van der Waals surface area contributed by atoms with E-state index >= 15 is 0 Å². The Hall–Kier alpha value is -1.57. The normalized spacial score (nSPS) is 11.0. The number of methoxy groups -OCH3 is 1. The molecule has 0 bridgehead atoms. The first-order chi connectivity index (χ1) is 7.98. The van der Waals surface area contributed by atoms with E-state index < -0.39 is 0 Å². The van der Waals surface area contributed by atoms with Crippen LogP contribution in [0.4, 0.5) is 0 Å². The van der Waals surface area contributed by atoms with Crippen molar-refractivity contribution in [3.63, 3.8) is 0 Å². The van der Waals surface area contributed by atoms with Crippen molar-refractivity contribution in [2.45, 2.75) is 26.7 Å². The third-order valence-electron chi connectivity index (χ3n) is 2.75. The second-order valence-corrected chi connectivity index (χ2v) is 5.02. The molecular formula is C15H20O2. The highest BCUT2D eigenvalue weighted by molar-refractivity contribution is 5.89. The van der Waals surface area contributed by atoms with Gasteiger partial charge in [-0.1, -0.05) is 32.1 Å². The first-order valence-electron chi connectivity index (χ1n) is 5.77. The average molecular weight is 232 g/mol. The van der Waals surface area contributed by atoms with Crippen LogP contribution in [0.25, 0.3) is 0 Å². The highest BCUT2D eigenvalue weighted by Crippen LogP contribution is 2.26. The highest BCUT2D eigenvalue weighted by atomic mass is 16.5. The van der Waals surface area contributed by atoms with Crippen LogP contribution in [0.15, 0.2) is 36.9 Å². The molecule has 2 nitrogen and oxygen atoms in total. The lowest BCUT2D eigenvalue weighted by atomic mass is 9.82. The zero-order chi connectivity index (χ0) is 12.9. The van der Waals surface area contributed by atoms with Crippen molar-refractivity contribution in [3.8, 4) is 0 Å². The molecule has 0 aliphatic heterocycles. The number of carbonyl (C=O) groups excluding carboxylic acids is 1. The van der Waals surface area contributed by atoms with Crippen LogP contribution in [0.2, 0.25) is 0 Å². The molecule has 0 N–H and O–H groups in total. The minimum absolute atomic E-state index is 0.203. The fraction of sp³-hybridized carbons (Fsp3) is 0.400. The van der Waals surface area contributed by atoms with Crippen molar-refractivity contribution < 1.29 is 9.53 Å². The number of benzene rings is 1. The Balaban J connectivity index is 2.75. The summed E-state index contributed by atoms with van der Waals surface area (Å²) in [7, 11) is 1.39. The van der Waals surface area contributed by atoms with E-state index in [1.54, 1.807) is 0 Å². The van der Waals surface area contributed by atoms with E-state index in [0.29, 0.717) is 5.56 Å². The Morgan fingerprint density at radius 1 is 1.35 bits per heavy atom. The monoisotopic (exact) mass is 232 g/mol. The van der Waals surface area contributed by atoms with Gasteiger partial charge in [0.1, 0.15) is 0 Å². The van der Waals surface area contributed by atoms with Crippen molar-refractivity contribution in [3.05, 3.63) is 48.0 Å². The molecule has 0 atom stereocenters. The molecule has 1 aromatic carbocycles. The first-order valence-corrected chi connectivity index (χ1v) is 5.77. The standard InChI is InChI=1S/C15H20O2/c1-5-10-15(2,3)11-12-6-8-13(9-7-12)14(16)17-4/h5-9H,1,10-11H2,2-4H3. The fourth-order valence-electron chi connectivity index (χ4n) is 1.89. The summed E-state index contributed by atoms with van der Waals surface area (Å²) in [6.45, 7) is 8.20. The van der Waals surface area contributed by atoms with Gasteiger partial charge in [0.25, 0.3) is 0 Å². The minimum atomic E-state index is -0.290. The van der Waals surface area contributed by atoms with Gasteiger partial charge >= 0.3 is 5.97 Å². The van der Waals surface area contributed by atoms with Gasteiger partial charge in [-0.25, -0.2) is 4.79 Å². The van der Waals surface area contributed by atoms with Crippen molar-refractivity contribution in [2.75, 3.05) is 7.11 Å². The summed E-state index contributed by atoms with van der Waals surface area (Å²) in [6, 6.07) is 7.59. The number of hydrogen-bond donors (Lipinski definition) is 0. The van der Waals surface area contributed by atoms with E-state index in [-0.39, 0.29) is 11.4 Å². The molecule has 0 saturated carbocycles. The van der Waals surface area contributed by atoms with E-state index in [0.717, 1.165) is 12.8 Å². The number of allylic oxidation sites excluding steroid dienone is 1. The lowest BCUT2D eigenvalue weighted by molar-refractivity contribution is 0.0600. The molecule has 2 heteroatoms. The molecule has 92 valence electrons. The maximum absolute atomic E-state index is 11.3. The molecule has 1 aromatic rings. The Morgan fingerprint density at radius 3 is 2.41 bits per heavy atom. The molecule has 0 spiro atoms. The van der Waals surface area contributed by atoms with E-state index in [2.05, 4.69) is 25.2 Å². The molecule has 0 aliphatic carbocycles. The Labute approximate surface area is 103 Å². The second-order valence-electron chi connectivity index (χ2n) is 5.02. The van der Waals surface area contributed by atoms with Crippen molar-refractivity contribution >= 4 is 5.97 Å². The lowest BCUT2D eigenvalue weighted by Crippen LogP contribution is -2.13. The maximum atomic E-state index is 11.3. The number of hydrogen-bond acceptors (Lipinski definition) is 2. The van der Waals surface area contributed by atoms with Crippen LogP contribution in [0.5, 0.6) is 0 Å². The van der Waals surface area contributed by atoms with E-state index in [1.807, 2.05) is 30.3 Å². The van der Waals surface area contributed by atoms with Gasteiger partial charge in [0, 0.05) is 0 Å². The number of carbonyl (C=O) groups is 1. The Morgan fingerprint density at radius 2 is 1.94 bits per heavy atom. The molecule has 0 radical (unpaired) electrons. The summed E-state index contributed by atoms with van der Waals surface area (Å²) in [5, 5.41) is 0. The van der Waals surface area contributed by atoms with Gasteiger partial charge in [0.15, 0.2) is 0 Å². The molecule has 0 amide bonds. The third-order valence-corrected chi connectivity index (χ3v) is 2.75. The first kappa shape index (κ1) is 13.5. The van der Waals surface area contributed by atoms with Gasteiger partial charge < -0.3 is 4.74 Å². The van der Waals surface area contributed by atoms with Gasteiger partial charge in [-0.3, -0.25) is 0 Å². The fourth-order valence-corrected chi connectivity index (χ4v) is 1.89. The molecule has 1 rings (SSSR count). The van der Waals surface area contributed by atoms with Gasteiger partial charge in [-0.15, -0.1) is 6.58 Å². The summed E-state index contributed by atoms with van der Waals surface area (Å²) in [4.78, 5) is 11.3. The average Bonchev–Trinajstić information content (AvgIpc) is 2.28. The number of esters is 1. The summed E-state index contributed by atoms with van der Waals surface area (Å²) < 4.78 is 4.66.